The summed E-state index contributed by atoms with van der Waals surface area (Å²) in [7, 11) is 1.58. The second-order valence-electron chi connectivity index (χ2n) is 6.14. The van der Waals surface area contributed by atoms with Gasteiger partial charge in [-0.3, -0.25) is 9.59 Å². The minimum atomic E-state index is -0.438. The minimum absolute atomic E-state index is 0.118. The highest BCUT2D eigenvalue weighted by Gasteiger charge is 2.09. The first-order chi connectivity index (χ1) is 13.2. The van der Waals surface area contributed by atoms with Crippen LogP contribution in [-0.4, -0.2) is 37.1 Å². The molecule has 0 bridgehead atoms. The number of esters is 1. The summed E-state index contributed by atoms with van der Waals surface area (Å²) in [6, 6.07) is 15.2. The molecule has 2 aromatic carbocycles. The second-order valence-corrected chi connectivity index (χ2v) is 6.14. The van der Waals surface area contributed by atoms with Crippen molar-refractivity contribution in [2.45, 2.75) is 12.8 Å². The van der Waals surface area contributed by atoms with Crippen molar-refractivity contribution in [1.82, 2.24) is 10.3 Å². The molecule has 27 heavy (non-hydrogen) atoms. The highest BCUT2D eigenvalue weighted by molar-refractivity contribution is 5.83. The molecule has 0 aliphatic rings. The summed E-state index contributed by atoms with van der Waals surface area (Å²) in [5, 5.41) is 3.92. The van der Waals surface area contributed by atoms with E-state index < -0.39 is 5.97 Å². The van der Waals surface area contributed by atoms with Gasteiger partial charge in [-0.1, -0.05) is 30.3 Å². The smallest absolute Gasteiger partial charge is 0.310 e. The number of ether oxygens (including phenoxy) is 2. The number of carbonyl (C=O) groups excluding carboxylic acids is 2. The minimum Gasteiger partial charge on any atom is -0.497 e. The van der Waals surface area contributed by atoms with Gasteiger partial charge in [0.2, 0.25) is 0 Å². The Labute approximate surface area is 157 Å². The highest BCUT2D eigenvalue weighted by atomic mass is 16.5. The predicted octanol–water partition coefficient (Wildman–Crippen LogP) is 2.62. The van der Waals surface area contributed by atoms with Gasteiger partial charge in [0.15, 0.2) is 6.61 Å². The third-order valence-corrected chi connectivity index (χ3v) is 4.26. The summed E-state index contributed by atoms with van der Waals surface area (Å²) >= 11 is 0. The molecular formula is C21H22N2O4. The van der Waals surface area contributed by atoms with Crippen molar-refractivity contribution in [3.8, 4) is 5.75 Å². The van der Waals surface area contributed by atoms with E-state index in [9.17, 15) is 9.59 Å². The maximum atomic E-state index is 11.9. The average Bonchev–Trinajstić information content (AvgIpc) is 3.10. The topological polar surface area (TPSA) is 80.4 Å². The van der Waals surface area contributed by atoms with Crippen molar-refractivity contribution >= 4 is 22.8 Å². The molecule has 1 aromatic heterocycles. The average molecular weight is 366 g/mol. The Morgan fingerprint density at radius 2 is 1.85 bits per heavy atom. The molecule has 0 saturated carbocycles. The molecule has 1 amide bonds. The van der Waals surface area contributed by atoms with Crippen LogP contribution in [0.25, 0.3) is 10.9 Å². The van der Waals surface area contributed by atoms with Gasteiger partial charge in [-0.15, -0.1) is 0 Å². The number of para-hydroxylation sites is 1. The number of methoxy groups -OCH3 is 1. The number of fused-ring (bicyclic) bond motifs is 1. The molecule has 0 spiro atoms. The molecule has 6 heteroatoms. The van der Waals surface area contributed by atoms with Crippen LogP contribution < -0.4 is 10.1 Å². The van der Waals surface area contributed by atoms with E-state index in [-0.39, 0.29) is 18.9 Å². The molecule has 2 N–H and O–H groups in total. The van der Waals surface area contributed by atoms with Crippen LogP contribution in [0.5, 0.6) is 5.75 Å². The van der Waals surface area contributed by atoms with Gasteiger partial charge in [-0.05, 0) is 35.7 Å². The highest BCUT2D eigenvalue weighted by Crippen LogP contribution is 2.17. The summed E-state index contributed by atoms with van der Waals surface area (Å²) in [4.78, 5) is 26.9. The Bertz CT molecular complexity index is 915. The molecule has 1 heterocycles. The van der Waals surface area contributed by atoms with Crippen LogP contribution in [0, 0.1) is 0 Å². The molecule has 0 fully saturated rings. The number of H-pyrrole nitrogens is 1. The maximum Gasteiger partial charge on any atom is 0.310 e. The van der Waals surface area contributed by atoms with Gasteiger partial charge >= 0.3 is 5.97 Å². The number of hydrogen-bond donors (Lipinski definition) is 2. The molecule has 0 aliphatic carbocycles. The second kappa shape index (κ2) is 8.89. The van der Waals surface area contributed by atoms with Crippen LogP contribution in [-0.2, 0) is 27.2 Å². The van der Waals surface area contributed by atoms with E-state index in [0.29, 0.717) is 13.0 Å². The summed E-state index contributed by atoms with van der Waals surface area (Å²) in [6.45, 7) is 0.208. The zero-order chi connectivity index (χ0) is 19.1. The lowest BCUT2D eigenvalue weighted by atomic mass is 10.1. The normalized spacial score (nSPS) is 10.6. The van der Waals surface area contributed by atoms with Gasteiger partial charge in [0.25, 0.3) is 5.91 Å². The van der Waals surface area contributed by atoms with Crippen molar-refractivity contribution in [2.75, 3.05) is 20.3 Å². The van der Waals surface area contributed by atoms with Crippen LogP contribution in [0.2, 0.25) is 0 Å². The molecular weight excluding hydrogens is 344 g/mol. The number of amides is 1. The summed E-state index contributed by atoms with van der Waals surface area (Å²) in [5.74, 6) is -0.0217. The molecule has 0 saturated heterocycles. The van der Waals surface area contributed by atoms with E-state index in [1.54, 1.807) is 31.4 Å². The zero-order valence-corrected chi connectivity index (χ0v) is 15.2. The number of benzene rings is 2. The molecule has 3 aromatic rings. The number of aromatic amines is 1. The van der Waals surface area contributed by atoms with Gasteiger partial charge in [0, 0.05) is 23.6 Å². The van der Waals surface area contributed by atoms with E-state index in [1.807, 2.05) is 30.5 Å². The molecule has 140 valence electrons. The summed E-state index contributed by atoms with van der Waals surface area (Å²) in [6.07, 6.45) is 2.77. The summed E-state index contributed by atoms with van der Waals surface area (Å²) < 4.78 is 10.1. The first kappa shape index (κ1) is 18.5. The standard InChI is InChI=1S/C21H22N2O4/c1-26-17-8-6-15(7-9-17)12-21(25)27-14-20(24)22-11-10-16-13-23-19-5-3-2-4-18(16)19/h2-9,13,23H,10-12,14H2,1H3,(H,22,24). The van der Waals surface area contributed by atoms with Crippen molar-refractivity contribution in [3.63, 3.8) is 0 Å². The number of rotatable bonds is 8. The number of nitrogens with one attached hydrogen (secondary N) is 2. The predicted molar refractivity (Wildman–Crippen MR) is 103 cm³/mol. The molecule has 0 atom stereocenters. The van der Waals surface area contributed by atoms with E-state index in [2.05, 4.69) is 10.3 Å². The number of aromatic nitrogens is 1. The third kappa shape index (κ3) is 5.10. The van der Waals surface area contributed by atoms with Gasteiger partial charge in [-0.2, -0.15) is 0 Å². The lowest BCUT2D eigenvalue weighted by Crippen LogP contribution is -2.30. The Kier molecular flexibility index (Phi) is 6.10. The molecule has 0 radical (unpaired) electrons. The molecule has 3 rings (SSSR count). The lowest BCUT2D eigenvalue weighted by molar-refractivity contribution is -0.147. The van der Waals surface area contributed by atoms with Crippen LogP contribution >= 0.6 is 0 Å². The Hall–Kier alpha value is -3.28. The van der Waals surface area contributed by atoms with Gasteiger partial charge < -0.3 is 19.8 Å². The fraction of sp³-hybridized carbons (Fsp3) is 0.238. The van der Waals surface area contributed by atoms with Gasteiger partial charge in [-0.25, -0.2) is 0 Å². The molecule has 6 nitrogen and oxygen atoms in total. The summed E-state index contributed by atoms with van der Waals surface area (Å²) in [5.41, 5.74) is 3.02. The SMILES string of the molecule is COc1ccc(CC(=O)OCC(=O)NCCc2c[nH]c3ccccc23)cc1. The maximum absolute atomic E-state index is 11.9. The number of hydrogen-bond acceptors (Lipinski definition) is 4. The van der Waals surface area contributed by atoms with Gasteiger partial charge in [0.05, 0.1) is 13.5 Å². The van der Waals surface area contributed by atoms with Crippen molar-refractivity contribution < 1.29 is 19.1 Å². The monoisotopic (exact) mass is 366 g/mol. The first-order valence-corrected chi connectivity index (χ1v) is 8.76. The van der Waals surface area contributed by atoms with E-state index in [1.165, 1.54) is 0 Å². The quantitative estimate of drug-likeness (QED) is 0.601. The molecule has 0 aliphatic heterocycles. The van der Waals surface area contributed by atoms with Crippen molar-refractivity contribution in [3.05, 3.63) is 65.9 Å². The van der Waals surface area contributed by atoms with E-state index >= 15 is 0 Å². The molecule has 0 unspecified atom stereocenters. The van der Waals surface area contributed by atoms with Crippen LogP contribution in [0.4, 0.5) is 0 Å². The van der Waals surface area contributed by atoms with Crippen molar-refractivity contribution in [2.24, 2.45) is 0 Å². The fourth-order valence-corrected chi connectivity index (χ4v) is 2.83. The Morgan fingerprint density at radius 3 is 2.63 bits per heavy atom. The van der Waals surface area contributed by atoms with E-state index in [4.69, 9.17) is 9.47 Å². The number of carbonyl (C=O) groups is 2. The Morgan fingerprint density at radius 1 is 1.07 bits per heavy atom. The van der Waals surface area contributed by atoms with Crippen molar-refractivity contribution in [1.29, 1.82) is 0 Å². The third-order valence-electron chi connectivity index (χ3n) is 4.26. The fourth-order valence-electron chi connectivity index (χ4n) is 2.83. The zero-order valence-electron chi connectivity index (χ0n) is 15.2. The van der Waals surface area contributed by atoms with Crippen LogP contribution in [0.15, 0.2) is 54.7 Å². The lowest BCUT2D eigenvalue weighted by Gasteiger charge is -2.07. The first-order valence-electron chi connectivity index (χ1n) is 8.76. The Balaban J connectivity index is 1.38. The van der Waals surface area contributed by atoms with Gasteiger partial charge in [0.1, 0.15) is 5.75 Å². The van der Waals surface area contributed by atoms with Crippen LogP contribution in [0.3, 0.4) is 0 Å². The largest absolute Gasteiger partial charge is 0.497 e. The van der Waals surface area contributed by atoms with E-state index in [0.717, 1.165) is 27.8 Å². The van der Waals surface area contributed by atoms with Crippen LogP contribution in [0.1, 0.15) is 11.1 Å².